The van der Waals surface area contributed by atoms with Crippen molar-refractivity contribution >= 4 is 41.6 Å². The lowest BCUT2D eigenvalue weighted by Gasteiger charge is -2.39. The second-order valence-electron chi connectivity index (χ2n) is 8.01. The van der Waals surface area contributed by atoms with Crippen LogP contribution in [0.2, 0.25) is 0 Å². The van der Waals surface area contributed by atoms with Gasteiger partial charge in [0, 0.05) is 31.2 Å². The molecule has 2 fully saturated rings. The highest BCUT2D eigenvalue weighted by Gasteiger charge is 2.38. The van der Waals surface area contributed by atoms with E-state index < -0.39 is 0 Å². The summed E-state index contributed by atoms with van der Waals surface area (Å²) < 4.78 is 0. The number of aromatic nitrogens is 2. The van der Waals surface area contributed by atoms with Crippen LogP contribution in [0.5, 0.6) is 0 Å². The highest BCUT2D eigenvalue weighted by molar-refractivity contribution is 6.07. The molecule has 2 aromatic heterocycles. The lowest BCUT2D eigenvalue weighted by atomic mass is 9.77. The van der Waals surface area contributed by atoms with Gasteiger partial charge in [-0.3, -0.25) is 9.78 Å². The van der Waals surface area contributed by atoms with Gasteiger partial charge in [-0.05, 0) is 55.5 Å². The van der Waals surface area contributed by atoms with Crippen molar-refractivity contribution < 1.29 is 4.79 Å². The zero-order chi connectivity index (χ0) is 19.0. The number of hydrogen-bond acceptors (Lipinski definition) is 4. The van der Waals surface area contributed by atoms with Crippen LogP contribution in [0.25, 0.3) is 22.3 Å². The zero-order valence-electron chi connectivity index (χ0n) is 16.7. The van der Waals surface area contributed by atoms with E-state index in [9.17, 15) is 4.79 Å². The standard InChI is InChI=1S/C23H24N4O.2ClH/c28-22(27-13-9-23(10-14-27)8-12-24-16-23)18-15-21(20-7-3-4-11-25-20)26-19-6-2-1-5-17(18)19;;/h1-7,11,15,24H,8-10,12-14,16H2;2*1H. The van der Waals surface area contributed by atoms with Crippen LogP contribution in [0.1, 0.15) is 29.6 Å². The Hall–Kier alpha value is -2.21. The SMILES string of the molecule is Cl.Cl.O=C(c1cc(-c2ccccn2)nc2ccccc12)N1CCC2(CCNC2)CC1. The molecule has 5 rings (SSSR count). The molecule has 5 nitrogen and oxygen atoms in total. The van der Waals surface area contributed by atoms with Gasteiger partial charge < -0.3 is 10.2 Å². The lowest BCUT2D eigenvalue weighted by Crippen LogP contribution is -2.44. The van der Waals surface area contributed by atoms with E-state index in [0.29, 0.717) is 5.41 Å². The Morgan fingerprint density at radius 1 is 0.967 bits per heavy atom. The quantitative estimate of drug-likeness (QED) is 0.637. The van der Waals surface area contributed by atoms with Crippen LogP contribution < -0.4 is 5.32 Å². The van der Waals surface area contributed by atoms with Crippen LogP contribution in [-0.4, -0.2) is 47.0 Å². The molecule has 2 aliphatic heterocycles. The third-order valence-electron chi connectivity index (χ3n) is 6.32. The number of nitrogens with one attached hydrogen (secondary N) is 1. The van der Waals surface area contributed by atoms with E-state index in [-0.39, 0.29) is 30.7 Å². The predicted octanol–water partition coefficient (Wildman–Crippen LogP) is 4.36. The minimum Gasteiger partial charge on any atom is -0.339 e. The van der Waals surface area contributed by atoms with Crippen molar-refractivity contribution in [1.82, 2.24) is 20.2 Å². The summed E-state index contributed by atoms with van der Waals surface area (Å²) in [5, 5.41) is 4.40. The maximum Gasteiger partial charge on any atom is 0.254 e. The van der Waals surface area contributed by atoms with Crippen LogP contribution >= 0.6 is 24.8 Å². The number of likely N-dealkylation sites (tertiary alicyclic amines) is 1. The molecule has 4 heterocycles. The van der Waals surface area contributed by atoms with Crippen molar-refractivity contribution in [2.45, 2.75) is 19.3 Å². The molecule has 2 aliphatic rings. The van der Waals surface area contributed by atoms with Gasteiger partial charge in [-0.1, -0.05) is 24.3 Å². The van der Waals surface area contributed by atoms with Crippen LogP contribution in [0.3, 0.4) is 0 Å². The summed E-state index contributed by atoms with van der Waals surface area (Å²) in [6.45, 7) is 3.86. The summed E-state index contributed by atoms with van der Waals surface area (Å²) >= 11 is 0. The fourth-order valence-electron chi connectivity index (χ4n) is 4.57. The van der Waals surface area contributed by atoms with Gasteiger partial charge in [0.05, 0.1) is 22.5 Å². The average molecular weight is 445 g/mol. The van der Waals surface area contributed by atoms with Gasteiger partial charge in [-0.25, -0.2) is 4.98 Å². The number of piperidine rings is 1. The van der Waals surface area contributed by atoms with Crippen molar-refractivity contribution in [3.8, 4) is 11.4 Å². The molecule has 7 heteroatoms. The number of pyridine rings is 2. The topological polar surface area (TPSA) is 58.1 Å². The second-order valence-corrected chi connectivity index (χ2v) is 8.01. The van der Waals surface area contributed by atoms with Gasteiger partial charge in [0.1, 0.15) is 0 Å². The van der Waals surface area contributed by atoms with Crippen molar-refractivity contribution in [3.63, 3.8) is 0 Å². The molecule has 3 aromatic rings. The monoisotopic (exact) mass is 444 g/mol. The van der Waals surface area contributed by atoms with Gasteiger partial charge in [0.25, 0.3) is 5.91 Å². The molecule has 1 aromatic carbocycles. The molecule has 30 heavy (non-hydrogen) atoms. The molecule has 1 spiro atoms. The minimum atomic E-state index is 0. The number of rotatable bonds is 2. The van der Waals surface area contributed by atoms with Crippen LogP contribution in [0.4, 0.5) is 0 Å². The van der Waals surface area contributed by atoms with E-state index in [4.69, 9.17) is 4.98 Å². The van der Waals surface area contributed by atoms with Crippen molar-refractivity contribution in [1.29, 1.82) is 0 Å². The molecule has 0 atom stereocenters. The first-order chi connectivity index (χ1) is 13.7. The number of fused-ring (bicyclic) bond motifs is 1. The molecule has 0 unspecified atom stereocenters. The maximum absolute atomic E-state index is 13.5. The normalized spacial score (nSPS) is 17.4. The number of carbonyl (C=O) groups is 1. The van der Waals surface area contributed by atoms with Crippen LogP contribution in [-0.2, 0) is 0 Å². The van der Waals surface area contributed by atoms with E-state index in [2.05, 4.69) is 10.3 Å². The van der Waals surface area contributed by atoms with Crippen molar-refractivity contribution in [2.24, 2.45) is 5.41 Å². The first-order valence-corrected chi connectivity index (χ1v) is 10.1. The van der Waals surface area contributed by atoms with Gasteiger partial charge in [-0.2, -0.15) is 0 Å². The molecular formula is C23H26Cl2N4O. The number of nitrogens with zero attached hydrogens (tertiary/aromatic N) is 3. The Balaban J connectivity index is 0.00000128. The van der Waals surface area contributed by atoms with Crippen molar-refractivity contribution in [2.75, 3.05) is 26.2 Å². The number of hydrogen-bond donors (Lipinski definition) is 1. The molecule has 0 radical (unpaired) electrons. The molecular weight excluding hydrogens is 419 g/mol. The van der Waals surface area contributed by atoms with Crippen LogP contribution in [0.15, 0.2) is 54.7 Å². The largest absolute Gasteiger partial charge is 0.339 e. The Morgan fingerprint density at radius 3 is 2.43 bits per heavy atom. The highest BCUT2D eigenvalue weighted by Crippen LogP contribution is 2.37. The van der Waals surface area contributed by atoms with Gasteiger partial charge >= 0.3 is 0 Å². The summed E-state index contributed by atoms with van der Waals surface area (Å²) in [7, 11) is 0. The molecule has 158 valence electrons. The maximum atomic E-state index is 13.5. The predicted molar refractivity (Wildman–Crippen MR) is 125 cm³/mol. The van der Waals surface area contributed by atoms with Gasteiger partial charge in [0.2, 0.25) is 0 Å². The van der Waals surface area contributed by atoms with Crippen LogP contribution in [0, 0.1) is 5.41 Å². The summed E-state index contributed by atoms with van der Waals surface area (Å²) in [5.74, 6) is 0.108. The smallest absolute Gasteiger partial charge is 0.254 e. The first kappa shape index (κ1) is 22.5. The zero-order valence-corrected chi connectivity index (χ0v) is 18.3. The molecule has 1 N–H and O–H groups in total. The summed E-state index contributed by atoms with van der Waals surface area (Å²) in [6.07, 6.45) is 5.16. The van der Waals surface area contributed by atoms with E-state index in [1.165, 1.54) is 6.42 Å². The molecule has 1 amide bonds. The third-order valence-corrected chi connectivity index (χ3v) is 6.32. The summed E-state index contributed by atoms with van der Waals surface area (Å²) in [4.78, 5) is 24.7. The number of benzene rings is 1. The third kappa shape index (κ3) is 4.15. The fraction of sp³-hybridized carbons (Fsp3) is 0.348. The minimum absolute atomic E-state index is 0. The Morgan fingerprint density at radius 2 is 1.73 bits per heavy atom. The lowest BCUT2D eigenvalue weighted by molar-refractivity contribution is 0.0609. The number of carbonyl (C=O) groups excluding carboxylic acids is 1. The molecule has 0 aliphatic carbocycles. The van der Waals surface area contributed by atoms with Crippen molar-refractivity contribution in [3.05, 3.63) is 60.3 Å². The highest BCUT2D eigenvalue weighted by atomic mass is 35.5. The summed E-state index contributed by atoms with van der Waals surface area (Å²) in [6, 6.07) is 15.6. The van der Waals surface area contributed by atoms with Gasteiger partial charge in [0.15, 0.2) is 0 Å². The van der Waals surface area contributed by atoms with E-state index in [1.807, 2.05) is 53.4 Å². The number of halogens is 2. The van der Waals surface area contributed by atoms with Gasteiger partial charge in [-0.15, -0.1) is 24.8 Å². The fourth-order valence-corrected chi connectivity index (χ4v) is 4.57. The van der Waals surface area contributed by atoms with E-state index in [1.54, 1.807) is 6.20 Å². The second kappa shape index (κ2) is 9.29. The number of amides is 1. The Bertz CT molecular complexity index is 1010. The van der Waals surface area contributed by atoms with E-state index in [0.717, 1.165) is 66.9 Å². The Kier molecular flexibility index (Phi) is 6.96. The molecule has 0 saturated carbocycles. The Labute approximate surface area is 189 Å². The summed E-state index contributed by atoms with van der Waals surface area (Å²) in [5.41, 5.74) is 3.50. The first-order valence-electron chi connectivity index (χ1n) is 10.1. The average Bonchev–Trinajstić information content (AvgIpc) is 3.21. The number of para-hydroxylation sites is 1. The van der Waals surface area contributed by atoms with E-state index >= 15 is 0 Å². The molecule has 0 bridgehead atoms. The molecule has 2 saturated heterocycles.